The Hall–Kier alpha value is -3.05. The highest BCUT2D eigenvalue weighted by Crippen LogP contribution is 2.30. The SMILES string of the molecule is O=C(CSc1n[nH]c(-c2cccs2)n1)NC(=O)NCC1COc2ccccc2O1. The molecule has 3 aromatic rings. The van der Waals surface area contributed by atoms with Crippen LogP contribution in [0, 0.1) is 0 Å². The molecule has 0 radical (unpaired) electrons. The van der Waals surface area contributed by atoms with E-state index in [1.165, 1.54) is 0 Å². The number of nitrogens with zero attached hydrogens (tertiary/aromatic N) is 2. The molecule has 0 saturated carbocycles. The molecule has 0 fully saturated rings. The number of carbonyl (C=O) groups excluding carboxylic acids is 2. The number of imide groups is 1. The first-order chi connectivity index (χ1) is 14.2. The normalized spacial score (nSPS) is 15.0. The van der Waals surface area contributed by atoms with E-state index >= 15 is 0 Å². The average molecular weight is 431 g/mol. The number of nitrogens with one attached hydrogen (secondary N) is 3. The first kappa shape index (κ1) is 19.3. The van der Waals surface area contributed by atoms with E-state index in [2.05, 4.69) is 25.8 Å². The summed E-state index contributed by atoms with van der Waals surface area (Å²) in [6.07, 6.45) is -0.330. The molecule has 1 unspecified atom stereocenters. The second kappa shape index (κ2) is 8.97. The number of hydrogen-bond donors (Lipinski definition) is 3. The zero-order chi connectivity index (χ0) is 20.1. The van der Waals surface area contributed by atoms with Crippen molar-refractivity contribution in [1.82, 2.24) is 25.8 Å². The number of benzene rings is 1. The predicted molar refractivity (Wildman–Crippen MR) is 108 cm³/mol. The number of rotatable bonds is 6. The molecule has 1 aliphatic heterocycles. The molecule has 1 atom stereocenters. The van der Waals surface area contributed by atoms with Gasteiger partial charge in [0.15, 0.2) is 23.4 Å². The third-order valence-corrected chi connectivity index (χ3v) is 5.59. The summed E-state index contributed by atoms with van der Waals surface area (Å²) in [6.45, 7) is 0.532. The van der Waals surface area contributed by atoms with Gasteiger partial charge in [0, 0.05) is 0 Å². The van der Waals surface area contributed by atoms with E-state index in [4.69, 9.17) is 9.47 Å². The Bertz CT molecular complexity index is 992. The van der Waals surface area contributed by atoms with Crippen molar-refractivity contribution in [2.24, 2.45) is 0 Å². The van der Waals surface area contributed by atoms with Gasteiger partial charge in [-0.15, -0.1) is 16.4 Å². The topological polar surface area (TPSA) is 118 Å². The molecule has 2 aromatic heterocycles. The Balaban J connectivity index is 1.18. The third kappa shape index (κ3) is 5.06. The minimum atomic E-state index is -0.590. The fraction of sp³-hybridized carbons (Fsp3) is 0.222. The fourth-order valence-corrected chi connectivity index (χ4v) is 3.80. The molecule has 3 N–H and O–H groups in total. The summed E-state index contributed by atoms with van der Waals surface area (Å²) in [5, 5.41) is 14.2. The summed E-state index contributed by atoms with van der Waals surface area (Å²) in [6, 6.07) is 10.6. The Morgan fingerprint density at radius 3 is 2.93 bits per heavy atom. The fourth-order valence-electron chi connectivity index (χ4n) is 2.54. The number of H-pyrrole nitrogens is 1. The van der Waals surface area contributed by atoms with Gasteiger partial charge in [-0.05, 0) is 23.6 Å². The maximum Gasteiger partial charge on any atom is 0.321 e. The molecule has 1 aromatic carbocycles. The maximum absolute atomic E-state index is 12.0. The van der Waals surface area contributed by atoms with Gasteiger partial charge in [0.05, 0.1) is 17.2 Å². The number of thioether (sulfide) groups is 1. The van der Waals surface area contributed by atoms with Gasteiger partial charge in [0.1, 0.15) is 6.61 Å². The molecule has 0 spiro atoms. The highest BCUT2D eigenvalue weighted by molar-refractivity contribution is 7.99. The lowest BCUT2D eigenvalue weighted by molar-refractivity contribution is -0.117. The van der Waals surface area contributed by atoms with E-state index in [9.17, 15) is 9.59 Å². The minimum absolute atomic E-state index is 0.0194. The first-order valence-electron chi connectivity index (χ1n) is 8.72. The second-order valence-corrected chi connectivity index (χ2v) is 7.88. The van der Waals surface area contributed by atoms with Crippen LogP contribution < -0.4 is 20.1 Å². The van der Waals surface area contributed by atoms with E-state index in [-0.39, 0.29) is 18.4 Å². The number of para-hydroxylation sites is 2. The first-order valence-corrected chi connectivity index (χ1v) is 10.6. The lowest BCUT2D eigenvalue weighted by Gasteiger charge is -2.26. The van der Waals surface area contributed by atoms with Crippen molar-refractivity contribution in [3.05, 3.63) is 41.8 Å². The number of thiophene rings is 1. The quantitative estimate of drug-likeness (QED) is 0.513. The molecule has 150 valence electrons. The molecule has 0 saturated heterocycles. The number of carbonyl (C=O) groups is 2. The molecule has 1 aliphatic rings. The van der Waals surface area contributed by atoms with E-state index in [1.807, 2.05) is 35.7 Å². The summed E-state index contributed by atoms with van der Waals surface area (Å²) >= 11 is 2.68. The number of amides is 3. The number of aromatic nitrogens is 3. The van der Waals surface area contributed by atoms with Crippen LogP contribution in [0.15, 0.2) is 46.9 Å². The van der Waals surface area contributed by atoms with Crippen LogP contribution >= 0.6 is 23.1 Å². The van der Waals surface area contributed by atoms with E-state index < -0.39 is 11.9 Å². The maximum atomic E-state index is 12.0. The summed E-state index contributed by atoms with van der Waals surface area (Å²) in [7, 11) is 0. The van der Waals surface area contributed by atoms with Gasteiger partial charge in [-0.2, -0.15) is 0 Å². The number of ether oxygens (including phenoxy) is 2. The summed E-state index contributed by atoms with van der Waals surface area (Å²) in [5.41, 5.74) is 0. The van der Waals surface area contributed by atoms with Crippen LogP contribution in [-0.2, 0) is 4.79 Å². The van der Waals surface area contributed by atoms with Crippen LogP contribution in [0.25, 0.3) is 10.7 Å². The van der Waals surface area contributed by atoms with E-state index in [0.717, 1.165) is 16.6 Å². The van der Waals surface area contributed by atoms with Crippen molar-refractivity contribution in [3.63, 3.8) is 0 Å². The summed E-state index contributed by atoms with van der Waals surface area (Å²) < 4.78 is 11.3. The molecule has 29 heavy (non-hydrogen) atoms. The van der Waals surface area contributed by atoms with Crippen molar-refractivity contribution >= 4 is 35.0 Å². The van der Waals surface area contributed by atoms with Gasteiger partial charge in [-0.25, -0.2) is 9.78 Å². The predicted octanol–water partition coefficient (Wildman–Crippen LogP) is 2.29. The Morgan fingerprint density at radius 2 is 2.10 bits per heavy atom. The lowest BCUT2D eigenvalue weighted by atomic mass is 10.2. The second-order valence-electron chi connectivity index (χ2n) is 5.99. The van der Waals surface area contributed by atoms with Gasteiger partial charge in [-0.3, -0.25) is 15.2 Å². The van der Waals surface area contributed by atoms with Crippen LogP contribution in [-0.4, -0.2) is 52.1 Å². The number of aromatic amines is 1. The van der Waals surface area contributed by atoms with Crippen molar-refractivity contribution < 1.29 is 19.1 Å². The van der Waals surface area contributed by atoms with Crippen molar-refractivity contribution in [2.75, 3.05) is 18.9 Å². The third-order valence-electron chi connectivity index (χ3n) is 3.86. The Morgan fingerprint density at radius 1 is 1.24 bits per heavy atom. The molecule has 4 rings (SSSR count). The molecule has 0 aliphatic carbocycles. The smallest absolute Gasteiger partial charge is 0.321 e. The lowest BCUT2D eigenvalue weighted by Crippen LogP contribution is -2.46. The van der Waals surface area contributed by atoms with Gasteiger partial charge in [0.2, 0.25) is 11.1 Å². The molecular formula is C18H17N5O4S2. The van der Waals surface area contributed by atoms with Gasteiger partial charge >= 0.3 is 6.03 Å². The van der Waals surface area contributed by atoms with Crippen LogP contribution in [0.3, 0.4) is 0 Å². The molecule has 3 heterocycles. The van der Waals surface area contributed by atoms with Gasteiger partial charge in [-0.1, -0.05) is 30.0 Å². The zero-order valence-electron chi connectivity index (χ0n) is 15.1. The Kier molecular flexibility index (Phi) is 5.96. The monoisotopic (exact) mass is 431 g/mol. The van der Waals surface area contributed by atoms with Crippen LogP contribution in [0.5, 0.6) is 11.5 Å². The molecule has 0 bridgehead atoms. The zero-order valence-corrected chi connectivity index (χ0v) is 16.7. The molecular weight excluding hydrogens is 414 g/mol. The Labute approximate surface area is 174 Å². The van der Waals surface area contributed by atoms with Crippen LogP contribution in [0.4, 0.5) is 4.79 Å². The average Bonchev–Trinajstić information content (AvgIpc) is 3.42. The number of hydrogen-bond acceptors (Lipinski definition) is 8. The highest BCUT2D eigenvalue weighted by atomic mass is 32.2. The molecule has 9 nitrogen and oxygen atoms in total. The van der Waals surface area contributed by atoms with Gasteiger partial charge in [0.25, 0.3) is 0 Å². The largest absolute Gasteiger partial charge is 0.486 e. The van der Waals surface area contributed by atoms with E-state index in [1.54, 1.807) is 17.4 Å². The minimum Gasteiger partial charge on any atom is -0.486 e. The van der Waals surface area contributed by atoms with Gasteiger partial charge < -0.3 is 14.8 Å². The van der Waals surface area contributed by atoms with Crippen LogP contribution in [0.2, 0.25) is 0 Å². The van der Waals surface area contributed by atoms with Crippen molar-refractivity contribution in [2.45, 2.75) is 11.3 Å². The molecule has 3 amide bonds. The van der Waals surface area contributed by atoms with Crippen LogP contribution in [0.1, 0.15) is 0 Å². The summed E-state index contributed by atoms with van der Waals surface area (Å²) in [5.74, 6) is 1.53. The number of urea groups is 1. The number of fused-ring (bicyclic) bond motifs is 1. The van der Waals surface area contributed by atoms with Crippen molar-refractivity contribution in [1.29, 1.82) is 0 Å². The summed E-state index contributed by atoms with van der Waals surface area (Å²) in [4.78, 5) is 29.2. The van der Waals surface area contributed by atoms with Crippen molar-refractivity contribution in [3.8, 4) is 22.2 Å². The molecule has 11 heteroatoms. The standard InChI is InChI=1S/C18H17N5O4S2/c24-15(10-29-18-21-16(22-23-18)14-6-3-7-28-14)20-17(25)19-8-11-9-26-12-4-1-2-5-13(12)27-11/h1-7,11H,8-10H2,(H,21,22,23)(H2,19,20,24,25). The van der Waals surface area contributed by atoms with E-state index in [0.29, 0.717) is 29.1 Å². The highest BCUT2D eigenvalue weighted by Gasteiger charge is 2.21.